The molecule has 0 amide bonds. The molecule has 0 heterocycles. The molecule has 0 atom stereocenters. The first kappa shape index (κ1) is 13.3. The predicted molar refractivity (Wildman–Crippen MR) is 62.0 cm³/mol. The predicted octanol–water partition coefficient (Wildman–Crippen LogP) is 3.29. The monoisotopic (exact) mass is 194 g/mol. The maximum atomic E-state index is 8.53. The van der Waals surface area contributed by atoms with Crippen molar-refractivity contribution in [1.82, 2.24) is 0 Å². The Labute approximate surface area is 88.2 Å². The van der Waals surface area contributed by atoms with Gasteiger partial charge in [0.05, 0.1) is 0 Å². The van der Waals surface area contributed by atoms with Crippen molar-refractivity contribution in [1.29, 1.82) is 0 Å². The van der Waals surface area contributed by atoms with E-state index in [0.29, 0.717) is 0 Å². The van der Waals surface area contributed by atoms with Crippen LogP contribution in [0.15, 0.2) is 12.2 Å². The molecule has 0 saturated carbocycles. The van der Waals surface area contributed by atoms with Crippen LogP contribution in [-0.4, -0.2) is 11.7 Å². The van der Waals surface area contributed by atoms with E-state index in [1.54, 1.807) is 0 Å². The van der Waals surface area contributed by atoms with Crippen LogP contribution in [-0.2, 0) is 0 Å². The third kappa shape index (κ3) is 11.3. The molecule has 0 bridgehead atoms. The van der Waals surface area contributed by atoms with Crippen molar-refractivity contribution in [3.63, 3.8) is 0 Å². The molecule has 0 radical (unpaired) electrons. The lowest BCUT2D eigenvalue weighted by Gasteiger charge is -1.88. The van der Waals surface area contributed by atoms with Gasteiger partial charge in [0, 0.05) is 19.4 Å². The summed E-state index contributed by atoms with van der Waals surface area (Å²) in [5.41, 5.74) is 0. The van der Waals surface area contributed by atoms with Crippen molar-refractivity contribution in [2.24, 2.45) is 0 Å². The minimum Gasteiger partial charge on any atom is -0.396 e. The van der Waals surface area contributed by atoms with Crippen LogP contribution in [0, 0.1) is 11.8 Å². The van der Waals surface area contributed by atoms with Crippen molar-refractivity contribution >= 4 is 0 Å². The van der Waals surface area contributed by atoms with Gasteiger partial charge in [0.2, 0.25) is 0 Å². The topological polar surface area (TPSA) is 20.2 Å². The highest BCUT2D eigenvalue weighted by Gasteiger charge is 1.80. The molecule has 1 nitrogen and oxygen atoms in total. The Morgan fingerprint density at radius 2 is 1.93 bits per heavy atom. The van der Waals surface area contributed by atoms with Gasteiger partial charge in [-0.25, -0.2) is 0 Å². The molecular weight excluding hydrogens is 172 g/mol. The molecule has 14 heavy (non-hydrogen) atoms. The second kappa shape index (κ2) is 12.3. The summed E-state index contributed by atoms with van der Waals surface area (Å²) >= 11 is 0. The minimum absolute atomic E-state index is 0.285. The molecule has 0 spiro atoms. The fraction of sp³-hybridized carbons (Fsp3) is 0.692. The summed E-state index contributed by atoms with van der Waals surface area (Å²) in [4.78, 5) is 0. The number of hydrogen-bond donors (Lipinski definition) is 1. The van der Waals surface area contributed by atoms with E-state index in [1.165, 1.54) is 19.3 Å². The average Bonchev–Trinajstić information content (AvgIpc) is 2.21. The van der Waals surface area contributed by atoms with E-state index in [0.717, 1.165) is 25.7 Å². The number of aliphatic hydroxyl groups excluding tert-OH is 1. The van der Waals surface area contributed by atoms with Gasteiger partial charge in [-0.2, -0.15) is 0 Å². The van der Waals surface area contributed by atoms with Crippen molar-refractivity contribution in [2.75, 3.05) is 6.61 Å². The van der Waals surface area contributed by atoms with E-state index in [9.17, 15) is 0 Å². The van der Waals surface area contributed by atoms with E-state index in [-0.39, 0.29) is 6.61 Å². The molecule has 0 aromatic carbocycles. The third-order valence-electron chi connectivity index (χ3n) is 1.95. The molecule has 0 aliphatic heterocycles. The third-order valence-corrected chi connectivity index (χ3v) is 1.95. The molecule has 0 aliphatic rings. The van der Waals surface area contributed by atoms with Gasteiger partial charge in [0.15, 0.2) is 0 Å². The first-order chi connectivity index (χ1) is 6.91. The quantitative estimate of drug-likeness (QED) is 0.374. The van der Waals surface area contributed by atoms with E-state index in [1.807, 2.05) is 0 Å². The second-order valence-electron chi connectivity index (χ2n) is 3.35. The minimum atomic E-state index is 0.285. The number of hydrogen-bond acceptors (Lipinski definition) is 1. The standard InChI is InChI=1S/C13H22O/c1-2-3-4-5-6-7-8-9-10-11-12-13-14/h9-10,14H,2-5,8,11-13H2,1H3/b10-9+. The van der Waals surface area contributed by atoms with E-state index < -0.39 is 0 Å². The van der Waals surface area contributed by atoms with Crippen LogP contribution in [0.3, 0.4) is 0 Å². The van der Waals surface area contributed by atoms with Crippen LogP contribution in [0.25, 0.3) is 0 Å². The van der Waals surface area contributed by atoms with Crippen molar-refractivity contribution in [3.05, 3.63) is 12.2 Å². The number of unbranched alkanes of at least 4 members (excludes halogenated alkanes) is 4. The Balaban J connectivity index is 3.20. The molecule has 0 fully saturated rings. The molecule has 0 rings (SSSR count). The Bertz CT molecular complexity index is 183. The van der Waals surface area contributed by atoms with Crippen molar-refractivity contribution in [2.45, 2.75) is 51.9 Å². The van der Waals surface area contributed by atoms with E-state index in [2.05, 4.69) is 30.9 Å². The summed E-state index contributed by atoms with van der Waals surface area (Å²) in [6, 6.07) is 0. The SMILES string of the molecule is CCCCCC#CC/C=C/CCCO. The lowest BCUT2D eigenvalue weighted by molar-refractivity contribution is 0.289. The highest BCUT2D eigenvalue weighted by atomic mass is 16.2. The molecular formula is C13H22O. The van der Waals surface area contributed by atoms with E-state index >= 15 is 0 Å². The summed E-state index contributed by atoms with van der Waals surface area (Å²) < 4.78 is 0. The zero-order valence-corrected chi connectivity index (χ0v) is 9.26. The zero-order valence-electron chi connectivity index (χ0n) is 9.26. The number of aliphatic hydroxyl groups is 1. The summed E-state index contributed by atoms with van der Waals surface area (Å²) in [5, 5.41) is 8.53. The Kier molecular flexibility index (Phi) is 11.6. The van der Waals surface area contributed by atoms with Crippen LogP contribution >= 0.6 is 0 Å². The normalized spacial score (nSPS) is 10.1. The molecule has 0 saturated heterocycles. The Morgan fingerprint density at radius 3 is 2.64 bits per heavy atom. The van der Waals surface area contributed by atoms with Gasteiger partial charge >= 0.3 is 0 Å². The smallest absolute Gasteiger partial charge is 0.0433 e. The van der Waals surface area contributed by atoms with Crippen molar-refractivity contribution < 1.29 is 5.11 Å². The van der Waals surface area contributed by atoms with Crippen LogP contribution in [0.4, 0.5) is 0 Å². The van der Waals surface area contributed by atoms with Gasteiger partial charge in [0.1, 0.15) is 0 Å². The van der Waals surface area contributed by atoms with Crippen LogP contribution in [0.2, 0.25) is 0 Å². The van der Waals surface area contributed by atoms with Crippen LogP contribution < -0.4 is 0 Å². The van der Waals surface area contributed by atoms with Gasteiger partial charge in [-0.1, -0.05) is 37.8 Å². The summed E-state index contributed by atoms with van der Waals surface area (Å²) in [6.07, 6.45) is 11.7. The summed E-state index contributed by atoms with van der Waals surface area (Å²) in [5.74, 6) is 6.28. The van der Waals surface area contributed by atoms with Gasteiger partial charge in [0.25, 0.3) is 0 Å². The Morgan fingerprint density at radius 1 is 1.07 bits per heavy atom. The molecule has 1 N–H and O–H groups in total. The van der Waals surface area contributed by atoms with Gasteiger partial charge in [-0.05, 0) is 19.3 Å². The molecule has 0 aromatic heterocycles. The lowest BCUT2D eigenvalue weighted by atomic mass is 10.2. The molecule has 0 unspecified atom stereocenters. The largest absolute Gasteiger partial charge is 0.396 e. The van der Waals surface area contributed by atoms with Crippen LogP contribution in [0.1, 0.15) is 51.9 Å². The molecule has 0 aromatic rings. The zero-order chi connectivity index (χ0) is 10.5. The first-order valence-electron chi connectivity index (χ1n) is 5.63. The summed E-state index contributed by atoms with van der Waals surface area (Å²) in [7, 11) is 0. The molecule has 80 valence electrons. The first-order valence-corrected chi connectivity index (χ1v) is 5.63. The fourth-order valence-electron chi connectivity index (χ4n) is 1.09. The lowest BCUT2D eigenvalue weighted by Crippen LogP contribution is -1.77. The number of allylic oxidation sites excluding steroid dienone is 2. The Hall–Kier alpha value is -0.740. The van der Waals surface area contributed by atoms with Crippen LogP contribution in [0.5, 0.6) is 0 Å². The fourth-order valence-corrected chi connectivity index (χ4v) is 1.09. The van der Waals surface area contributed by atoms with Gasteiger partial charge < -0.3 is 5.11 Å². The van der Waals surface area contributed by atoms with E-state index in [4.69, 9.17) is 5.11 Å². The maximum absolute atomic E-state index is 8.53. The van der Waals surface area contributed by atoms with Gasteiger partial charge in [-0.15, -0.1) is 5.92 Å². The molecule has 0 aliphatic carbocycles. The highest BCUT2D eigenvalue weighted by molar-refractivity contribution is 5.04. The number of rotatable bonds is 7. The highest BCUT2D eigenvalue weighted by Crippen LogP contribution is 1.97. The molecule has 1 heteroatoms. The maximum Gasteiger partial charge on any atom is 0.0433 e. The van der Waals surface area contributed by atoms with Crippen molar-refractivity contribution in [3.8, 4) is 11.8 Å². The average molecular weight is 194 g/mol. The van der Waals surface area contributed by atoms with Gasteiger partial charge in [-0.3, -0.25) is 0 Å². The summed E-state index contributed by atoms with van der Waals surface area (Å²) in [6.45, 7) is 2.49. The second-order valence-corrected chi connectivity index (χ2v) is 3.35.